The highest BCUT2D eigenvalue weighted by Gasteiger charge is 2.34. The van der Waals surface area contributed by atoms with Gasteiger partial charge in [-0.05, 0) is 37.5 Å². The van der Waals surface area contributed by atoms with Crippen LogP contribution in [0.25, 0.3) is 0 Å². The van der Waals surface area contributed by atoms with E-state index in [1.165, 1.54) is 6.26 Å². The predicted octanol–water partition coefficient (Wildman–Crippen LogP) is 1.55. The lowest BCUT2D eigenvalue weighted by Crippen LogP contribution is -2.34. The molecule has 110 valence electrons. The maximum atomic E-state index is 11.7. The van der Waals surface area contributed by atoms with Crippen molar-refractivity contribution >= 4 is 27.2 Å². The van der Waals surface area contributed by atoms with Crippen LogP contribution in [0.15, 0.2) is 24.3 Å². The fourth-order valence-corrected chi connectivity index (χ4v) is 4.04. The van der Waals surface area contributed by atoms with Crippen molar-refractivity contribution in [3.05, 3.63) is 24.3 Å². The number of urea groups is 1. The summed E-state index contributed by atoms with van der Waals surface area (Å²) in [7, 11) is -3.05. The average molecular weight is 297 g/mol. The van der Waals surface area contributed by atoms with Crippen LogP contribution < -0.4 is 16.4 Å². The van der Waals surface area contributed by atoms with E-state index < -0.39 is 15.9 Å². The lowest BCUT2D eigenvalue weighted by atomic mass is 10.2. The molecule has 6 nitrogen and oxygen atoms in total. The van der Waals surface area contributed by atoms with Crippen LogP contribution in [0.3, 0.4) is 0 Å². The number of amides is 2. The van der Waals surface area contributed by atoms with Crippen LogP contribution in [0.1, 0.15) is 19.3 Å². The summed E-state index contributed by atoms with van der Waals surface area (Å²) in [6, 6.07) is 6.36. The van der Waals surface area contributed by atoms with Crippen LogP contribution in [-0.4, -0.2) is 32.0 Å². The molecule has 0 aliphatic heterocycles. The molecule has 0 saturated heterocycles. The van der Waals surface area contributed by atoms with E-state index in [0.717, 1.165) is 18.5 Å². The summed E-state index contributed by atoms with van der Waals surface area (Å²) in [6.07, 6.45) is 3.69. The zero-order valence-corrected chi connectivity index (χ0v) is 12.1. The number of nitrogens with two attached hydrogens (primary N) is 1. The second-order valence-corrected chi connectivity index (χ2v) is 7.38. The van der Waals surface area contributed by atoms with E-state index in [4.69, 9.17) is 5.73 Å². The van der Waals surface area contributed by atoms with Gasteiger partial charge < -0.3 is 16.4 Å². The SMILES string of the molecule is CS(=O)(=O)C1CCCC1Nc1cccc(NC(N)=O)c1. The molecule has 1 aliphatic rings. The van der Waals surface area contributed by atoms with Crippen LogP contribution >= 0.6 is 0 Å². The van der Waals surface area contributed by atoms with Crippen molar-refractivity contribution in [2.24, 2.45) is 5.73 Å². The van der Waals surface area contributed by atoms with Crippen molar-refractivity contribution < 1.29 is 13.2 Å². The molecule has 7 heteroatoms. The van der Waals surface area contributed by atoms with Crippen molar-refractivity contribution in [2.75, 3.05) is 16.9 Å². The Morgan fingerprint density at radius 2 is 2.00 bits per heavy atom. The predicted molar refractivity (Wildman–Crippen MR) is 79.5 cm³/mol. The molecule has 0 heterocycles. The fraction of sp³-hybridized carbons (Fsp3) is 0.462. The normalized spacial score (nSPS) is 22.4. The van der Waals surface area contributed by atoms with Gasteiger partial charge in [-0.2, -0.15) is 0 Å². The Hall–Kier alpha value is -1.76. The van der Waals surface area contributed by atoms with Crippen LogP contribution in [0.4, 0.5) is 16.2 Å². The van der Waals surface area contributed by atoms with E-state index in [-0.39, 0.29) is 11.3 Å². The lowest BCUT2D eigenvalue weighted by Gasteiger charge is -2.21. The number of hydrogen-bond acceptors (Lipinski definition) is 4. The molecule has 2 rings (SSSR count). The van der Waals surface area contributed by atoms with Crippen molar-refractivity contribution in [3.8, 4) is 0 Å². The Morgan fingerprint density at radius 3 is 2.65 bits per heavy atom. The van der Waals surface area contributed by atoms with Crippen LogP contribution in [0.5, 0.6) is 0 Å². The van der Waals surface area contributed by atoms with Gasteiger partial charge in [0.15, 0.2) is 9.84 Å². The maximum Gasteiger partial charge on any atom is 0.316 e. The Kier molecular flexibility index (Phi) is 4.17. The summed E-state index contributed by atoms with van der Waals surface area (Å²) in [5.41, 5.74) is 6.42. The number of primary amides is 1. The molecule has 0 radical (unpaired) electrons. The molecular weight excluding hydrogens is 278 g/mol. The topological polar surface area (TPSA) is 101 Å². The standard InChI is InChI=1S/C13H19N3O3S/c1-20(18,19)12-7-3-6-11(12)15-9-4-2-5-10(8-9)16-13(14)17/h2,4-5,8,11-12,15H,3,6-7H2,1H3,(H3,14,16,17). The van der Waals surface area contributed by atoms with Crippen molar-refractivity contribution in [3.63, 3.8) is 0 Å². The minimum absolute atomic E-state index is 0.0890. The number of rotatable bonds is 4. The van der Waals surface area contributed by atoms with Crippen molar-refractivity contribution in [2.45, 2.75) is 30.6 Å². The molecule has 0 spiro atoms. The monoisotopic (exact) mass is 297 g/mol. The first-order valence-electron chi connectivity index (χ1n) is 6.48. The summed E-state index contributed by atoms with van der Waals surface area (Å²) in [5.74, 6) is 0. The molecular formula is C13H19N3O3S. The van der Waals surface area contributed by atoms with E-state index in [1.54, 1.807) is 18.2 Å². The number of anilines is 2. The lowest BCUT2D eigenvalue weighted by molar-refractivity contribution is 0.259. The molecule has 2 unspecified atom stereocenters. The van der Waals surface area contributed by atoms with Crippen LogP contribution in [-0.2, 0) is 9.84 Å². The van der Waals surface area contributed by atoms with Gasteiger partial charge in [0.2, 0.25) is 0 Å². The van der Waals surface area contributed by atoms with E-state index in [0.29, 0.717) is 12.1 Å². The smallest absolute Gasteiger partial charge is 0.316 e. The number of sulfone groups is 1. The van der Waals surface area contributed by atoms with Gasteiger partial charge in [-0.1, -0.05) is 6.07 Å². The molecule has 0 bridgehead atoms. The highest BCUT2D eigenvalue weighted by Crippen LogP contribution is 2.28. The number of hydrogen-bond donors (Lipinski definition) is 3. The Morgan fingerprint density at radius 1 is 1.30 bits per heavy atom. The van der Waals surface area contributed by atoms with Gasteiger partial charge in [0.1, 0.15) is 0 Å². The summed E-state index contributed by atoms with van der Waals surface area (Å²) in [6.45, 7) is 0. The maximum absolute atomic E-state index is 11.7. The van der Waals surface area contributed by atoms with Crippen molar-refractivity contribution in [1.29, 1.82) is 0 Å². The molecule has 4 N–H and O–H groups in total. The summed E-state index contributed by atoms with van der Waals surface area (Å²) in [5, 5.41) is 5.38. The second-order valence-electron chi connectivity index (χ2n) is 5.12. The highest BCUT2D eigenvalue weighted by molar-refractivity contribution is 7.91. The molecule has 1 saturated carbocycles. The minimum atomic E-state index is -3.05. The van der Waals surface area contributed by atoms with Gasteiger partial charge >= 0.3 is 6.03 Å². The Bertz CT molecular complexity index is 601. The molecule has 1 aromatic carbocycles. The van der Waals surface area contributed by atoms with Crippen LogP contribution in [0.2, 0.25) is 0 Å². The molecule has 1 aromatic rings. The third-order valence-electron chi connectivity index (χ3n) is 3.48. The third-order valence-corrected chi connectivity index (χ3v) is 5.15. The Balaban J connectivity index is 2.11. The van der Waals surface area contributed by atoms with Gasteiger partial charge in [0, 0.05) is 23.7 Å². The van der Waals surface area contributed by atoms with Crippen molar-refractivity contribution in [1.82, 2.24) is 0 Å². The summed E-state index contributed by atoms with van der Waals surface area (Å²) < 4.78 is 23.5. The fourth-order valence-electron chi connectivity index (χ4n) is 2.65. The van der Waals surface area contributed by atoms with E-state index in [9.17, 15) is 13.2 Å². The van der Waals surface area contributed by atoms with E-state index in [1.807, 2.05) is 6.07 Å². The molecule has 1 fully saturated rings. The van der Waals surface area contributed by atoms with E-state index in [2.05, 4.69) is 10.6 Å². The summed E-state index contributed by atoms with van der Waals surface area (Å²) >= 11 is 0. The molecule has 0 aromatic heterocycles. The zero-order chi connectivity index (χ0) is 14.8. The number of carbonyl (C=O) groups is 1. The molecule has 20 heavy (non-hydrogen) atoms. The average Bonchev–Trinajstić information content (AvgIpc) is 2.76. The number of benzene rings is 1. The minimum Gasteiger partial charge on any atom is -0.381 e. The zero-order valence-electron chi connectivity index (χ0n) is 11.3. The quantitative estimate of drug-likeness (QED) is 0.784. The second kappa shape index (κ2) is 5.70. The first kappa shape index (κ1) is 14.6. The van der Waals surface area contributed by atoms with Gasteiger partial charge in [0.05, 0.1) is 5.25 Å². The Labute approximate surface area is 118 Å². The highest BCUT2D eigenvalue weighted by atomic mass is 32.2. The number of carbonyl (C=O) groups excluding carboxylic acids is 1. The molecule has 2 atom stereocenters. The molecule has 2 amide bonds. The van der Waals surface area contributed by atoms with Crippen LogP contribution in [0, 0.1) is 0 Å². The van der Waals surface area contributed by atoms with Gasteiger partial charge in [-0.25, -0.2) is 13.2 Å². The van der Waals surface area contributed by atoms with Gasteiger partial charge in [0.25, 0.3) is 0 Å². The molecule has 1 aliphatic carbocycles. The van der Waals surface area contributed by atoms with Gasteiger partial charge in [-0.3, -0.25) is 0 Å². The third kappa shape index (κ3) is 3.63. The first-order chi connectivity index (χ1) is 9.36. The van der Waals surface area contributed by atoms with Gasteiger partial charge in [-0.15, -0.1) is 0 Å². The summed E-state index contributed by atoms with van der Waals surface area (Å²) in [4.78, 5) is 10.8. The largest absolute Gasteiger partial charge is 0.381 e. The number of nitrogens with one attached hydrogen (secondary N) is 2. The van der Waals surface area contributed by atoms with E-state index >= 15 is 0 Å². The first-order valence-corrected chi connectivity index (χ1v) is 8.43.